The number of aliphatic hydroxyl groups excluding tert-OH is 1. The third-order valence-corrected chi connectivity index (χ3v) is 9.52. The van der Waals surface area contributed by atoms with Crippen molar-refractivity contribution < 1.29 is 34.0 Å². The Morgan fingerprint density at radius 3 is 2.56 bits per heavy atom. The fraction of sp³-hybridized carbons (Fsp3) is 0.381. The van der Waals surface area contributed by atoms with Gasteiger partial charge in [0, 0.05) is 29.8 Å². The molecular weight excluding hydrogens is 630 g/mol. The highest BCUT2D eigenvalue weighted by Crippen LogP contribution is 2.40. The van der Waals surface area contributed by atoms with E-state index in [0.717, 1.165) is 29.5 Å². The summed E-state index contributed by atoms with van der Waals surface area (Å²) in [6.07, 6.45) is 9.66. The number of aliphatic hydroxyl groups is 2. The van der Waals surface area contributed by atoms with E-state index in [1.54, 1.807) is 25.1 Å². The molecule has 2 N–H and O–H groups in total. The molecule has 2 aromatic rings. The van der Waals surface area contributed by atoms with Crippen LogP contribution in [-0.4, -0.2) is 71.0 Å². The lowest BCUT2D eigenvalue weighted by Crippen LogP contribution is -2.41. The fourth-order valence-corrected chi connectivity index (χ4v) is 6.93. The highest BCUT2D eigenvalue weighted by Gasteiger charge is 2.42. The van der Waals surface area contributed by atoms with Gasteiger partial charge in [0.25, 0.3) is 5.91 Å². The van der Waals surface area contributed by atoms with Crippen molar-refractivity contribution in [1.29, 1.82) is 0 Å². The molecule has 8 heteroatoms. The van der Waals surface area contributed by atoms with Crippen LogP contribution in [0.1, 0.15) is 73.0 Å². The Kier molecular flexibility index (Phi) is 10.7. The Bertz CT molecular complexity index is 1910. The molecule has 50 heavy (non-hydrogen) atoms. The zero-order chi connectivity index (χ0) is 35.3. The number of carbonyl (C=O) groups is 2. The number of rotatable bonds is 11. The second kappa shape index (κ2) is 15.4. The quantitative estimate of drug-likeness (QED) is 0.235. The SMILES string of the molecule is CC/C=C1\C2=C(C)C(=O)C[C@@]1(O)C#C/C=C\C#C[C@@H]2OCCCOc1cc2c(cc1OCCO)C(=O)N1C=C(c3ccc(C)cc3)CC1CC2. The van der Waals surface area contributed by atoms with Crippen molar-refractivity contribution in [2.75, 3.05) is 26.4 Å². The molecule has 4 aliphatic rings. The molecule has 0 radical (unpaired) electrons. The second-order valence-corrected chi connectivity index (χ2v) is 13.0. The molecule has 258 valence electrons. The Hall–Kier alpha value is -4.86. The molecule has 2 aliphatic carbocycles. The van der Waals surface area contributed by atoms with E-state index in [9.17, 15) is 19.8 Å². The normalized spacial score (nSPS) is 23.9. The molecule has 2 heterocycles. The molecular formula is C42H43NO7. The first-order valence-corrected chi connectivity index (χ1v) is 17.3. The van der Waals surface area contributed by atoms with Crippen LogP contribution in [0, 0.1) is 30.6 Å². The maximum Gasteiger partial charge on any atom is 0.258 e. The number of ether oxygens (including phenoxy) is 3. The maximum atomic E-state index is 13.9. The molecule has 2 aliphatic heterocycles. The second-order valence-electron chi connectivity index (χ2n) is 13.0. The van der Waals surface area contributed by atoms with Gasteiger partial charge in [-0.1, -0.05) is 66.5 Å². The first-order chi connectivity index (χ1) is 24.2. The molecule has 0 spiro atoms. The van der Waals surface area contributed by atoms with Gasteiger partial charge >= 0.3 is 0 Å². The van der Waals surface area contributed by atoms with Crippen LogP contribution in [0.5, 0.6) is 11.5 Å². The zero-order valence-electron chi connectivity index (χ0n) is 28.9. The molecule has 3 atom stereocenters. The van der Waals surface area contributed by atoms with Crippen molar-refractivity contribution in [3.63, 3.8) is 0 Å². The van der Waals surface area contributed by atoms with E-state index in [1.165, 1.54) is 5.56 Å². The molecule has 2 bridgehead atoms. The number of Topliss-reactive ketones (excluding diaryl/α,β-unsaturated/α-hetero) is 1. The Labute approximate surface area is 294 Å². The molecule has 8 nitrogen and oxygen atoms in total. The van der Waals surface area contributed by atoms with Gasteiger partial charge in [0.1, 0.15) is 12.7 Å². The predicted octanol–water partition coefficient (Wildman–Crippen LogP) is 5.66. The van der Waals surface area contributed by atoms with Crippen LogP contribution >= 0.6 is 0 Å². The van der Waals surface area contributed by atoms with Crippen LogP contribution in [0.15, 0.2) is 77.5 Å². The van der Waals surface area contributed by atoms with Crippen LogP contribution in [0.25, 0.3) is 5.57 Å². The minimum Gasteiger partial charge on any atom is -0.490 e. The van der Waals surface area contributed by atoms with E-state index >= 15 is 0 Å². The first kappa shape index (κ1) is 35.0. The number of amides is 1. The summed E-state index contributed by atoms with van der Waals surface area (Å²) in [5.41, 5.74) is 5.01. The topological polar surface area (TPSA) is 106 Å². The molecule has 0 fully saturated rings. The average Bonchev–Trinajstić information content (AvgIpc) is 3.49. The van der Waals surface area contributed by atoms with Gasteiger partial charge in [-0.15, -0.1) is 0 Å². The third kappa shape index (κ3) is 7.34. The van der Waals surface area contributed by atoms with Gasteiger partial charge in [-0.05, 0) is 91.7 Å². The van der Waals surface area contributed by atoms with Crippen molar-refractivity contribution >= 4 is 17.3 Å². The fourth-order valence-electron chi connectivity index (χ4n) is 6.93. The maximum absolute atomic E-state index is 13.9. The van der Waals surface area contributed by atoms with E-state index < -0.39 is 11.7 Å². The van der Waals surface area contributed by atoms with Crippen LogP contribution in [-0.2, 0) is 16.0 Å². The standard InChI is InChI=1S/C42H43NO7/c1-4-10-35-40-29(3)36(45)26-42(35,47)18-8-6-5-7-11-37(40)48-20-9-21-49-38-24-31-16-17-33-23-32(30-14-12-28(2)13-15-30)27-43(33)41(46)34(31)25-39(38)50-22-19-44/h5-6,10,12-15,24-25,27,33,37,44,47H,4,9,16-17,19-23,26H2,1-3H3/b6-5-,35-10+/t33?,37-,42-/m0/s1. The summed E-state index contributed by atoms with van der Waals surface area (Å²) < 4.78 is 18.4. The van der Waals surface area contributed by atoms with Gasteiger partial charge in [-0.3, -0.25) is 9.59 Å². The monoisotopic (exact) mass is 673 g/mol. The predicted molar refractivity (Wildman–Crippen MR) is 191 cm³/mol. The van der Waals surface area contributed by atoms with Crippen LogP contribution in [0.2, 0.25) is 0 Å². The van der Waals surface area contributed by atoms with E-state index in [4.69, 9.17) is 14.2 Å². The number of hydrogen-bond donors (Lipinski definition) is 2. The summed E-state index contributed by atoms with van der Waals surface area (Å²) in [7, 11) is 0. The van der Waals surface area contributed by atoms with E-state index in [2.05, 4.69) is 54.9 Å². The number of hydrogen-bond acceptors (Lipinski definition) is 7. The minimum absolute atomic E-state index is 0.0581. The third-order valence-electron chi connectivity index (χ3n) is 9.52. The first-order valence-electron chi connectivity index (χ1n) is 17.3. The summed E-state index contributed by atoms with van der Waals surface area (Å²) in [6, 6.07) is 12.1. The molecule has 6 rings (SSSR count). The summed E-state index contributed by atoms with van der Waals surface area (Å²) in [4.78, 5) is 28.7. The van der Waals surface area contributed by atoms with Gasteiger partial charge in [0.05, 0.1) is 26.2 Å². The number of ketones is 1. The van der Waals surface area contributed by atoms with E-state index in [0.29, 0.717) is 53.0 Å². The number of fused-ring (bicyclic) bond motifs is 4. The van der Waals surface area contributed by atoms with Crippen molar-refractivity contribution in [3.05, 3.63) is 99.8 Å². The number of benzene rings is 2. The molecule has 0 aromatic heterocycles. The highest BCUT2D eigenvalue weighted by molar-refractivity contribution is 6.00. The summed E-state index contributed by atoms with van der Waals surface area (Å²) in [5.74, 6) is 12.4. The summed E-state index contributed by atoms with van der Waals surface area (Å²) in [5, 5.41) is 21.0. The van der Waals surface area contributed by atoms with Crippen molar-refractivity contribution in [2.45, 2.75) is 77.0 Å². The van der Waals surface area contributed by atoms with E-state index in [1.807, 2.05) is 30.2 Å². The van der Waals surface area contributed by atoms with Gasteiger partial charge in [-0.25, -0.2) is 0 Å². The molecule has 1 unspecified atom stereocenters. The largest absolute Gasteiger partial charge is 0.490 e. The number of carbonyl (C=O) groups excluding carboxylic acids is 2. The van der Waals surface area contributed by atoms with Crippen molar-refractivity contribution in [1.82, 2.24) is 4.90 Å². The van der Waals surface area contributed by atoms with Gasteiger partial charge < -0.3 is 29.3 Å². The molecule has 1 amide bonds. The Balaban J connectivity index is 1.16. The van der Waals surface area contributed by atoms with Crippen molar-refractivity contribution in [3.8, 4) is 35.2 Å². The average molecular weight is 674 g/mol. The van der Waals surface area contributed by atoms with Gasteiger partial charge in [0.2, 0.25) is 0 Å². The van der Waals surface area contributed by atoms with Gasteiger partial charge in [0.15, 0.2) is 22.9 Å². The summed E-state index contributed by atoms with van der Waals surface area (Å²) >= 11 is 0. The molecule has 2 aromatic carbocycles. The lowest BCUT2D eigenvalue weighted by atomic mass is 9.73. The summed E-state index contributed by atoms with van der Waals surface area (Å²) in [6.45, 7) is 6.20. The van der Waals surface area contributed by atoms with E-state index in [-0.39, 0.29) is 50.6 Å². The lowest BCUT2D eigenvalue weighted by Gasteiger charge is -2.35. The number of allylic oxidation sites excluding steroid dienone is 4. The van der Waals surface area contributed by atoms with Gasteiger partial charge in [-0.2, -0.15) is 0 Å². The zero-order valence-corrected chi connectivity index (χ0v) is 28.9. The highest BCUT2D eigenvalue weighted by atomic mass is 16.5. The smallest absolute Gasteiger partial charge is 0.258 e. The van der Waals surface area contributed by atoms with Crippen LogP contribution < -0.4 is 9.47 Å². The Morgan fingerprint density at radius 1 is 1.02 bits per heavy atom. The van der Waals surface area contributed by atoms with Crippen molar-refractivity contribution in [2.24, 2.45) is 0 Å². The minimum atomic E-state index is -1.61. The molecule has 0 saturated carbocycles. The van der Waals surface area contributed by atoms with Crippen LogP contribution in [0.3, 0.4) is 0 Å². The Morgan fingerprint density at radius 2 is 1.78 bits per heavy atom. The lowest BCUT2D eigenvalue weighted by molar-refractivity contribution is -0.118. The van der Waals surface area contributed by atoms with Crippen LogP contribution in [0.4, 0.5) is 0 Å². The molecule has 0 saturated heterocycles. The number of aryl methyl sites for hydroxylation is 2. The number of nitrogens with zero attached hydrogens (tertiary/aromatic N) is 1.